The Hall–Kier alpha value is 0.0900. The minimum Gasteiger partial charge on any atom is -0.393 e. The first-order valence-electron chi connectivity index (χ1n) is 2.85. The summed E-state index contributed by atoms with van der Waals surface area (Å²) in [5, 5.41) is 24.9. The van der Waals surface area contributed by atoms with Crippen LogP contribution in [0.15, 0.2) is 0 Å². The van der Waals surface area contributed by atoms with Crippen LogP contribution < -0.4 is 0 Å². The highest BCUT2D eigenvalue weighted by Gasteiger charge is 2.21. The highest BCUT2D eigenvalue weighted by molar-refractivity contribution is 7.45. The van der Waals surface area contributed by atoms with Crippen LogP contribution in [-0.4, -0.2) is 48.6 Å². The summed E-state index contributed by atoms with van der Waals surface area (Å²) in [4.78, 5) is 21.6. The van der Waals surface area contributed by atoms with Crippen molar-refractivity contribution in [3.63, 3.8) is 0 Å². The molecular weight excluding hydrogens is 226 g/mol. The van der Waals surface area contributed by atoms with Crippen molar-refractivity contribution in [3.8, 4) is 0 Å². The largest absolute Gasteiger partial charge is 0.466 e. The maximum Gasteiger partial charge on any atom is 0.466 e. The van der Waals surface area contributed by atoms with E-state index in [2.05, 4.69) is 0 Å². The van der Waals surface area contributed by atoms with Crippen LogP contribution in [0.25, 0.3) is 0 Å². The maximum absolute atomic E-state index is 9.74. The SMILES string of the molecule is O=P(O)(O)O.O=[PH+]C(O)C(O)CO. The molecule has 6 N–H and O–H groups in total. The first-order valence-corrected chi connectivity index (χ1v) is 5.40. The highest BCUT2D eigenvalue weighted by Crippen LogP contribution is 2.25. The Kier molecular flexibility index (Phi) is 8.96. The van der Waals surface area contributed by atoms with Crippen molar-refractivity contribution in [3.05, 3.63) is 0 Å². The van der Waals surface area contributed by atoms with Crippen LogP contribution in [0, 0.1) is 0 Å². The highest BCUT2D eigenvalue weighted by atomic mass is 31.2. The number of phosphoric acid groups is 1. The smallest absolute Gasteiger partial charge is 0.393 e. The quantitative estimate of drug-likeness (QED) is 0.301. The molecule has 0 fully saturated rings. The summed E-state index contributed by atoms with van der Waals surface area (Å²) in [6.07, 6.45) is -1.27. The lowest BCUT2D eigenvalue weighted by Gasteiger charge is -2.00. The molecule has 80 valence electrons. The van der Waals surface area contributed by atoms with Crippen molar-refractivity contribution in [2.45, 2.75) is 11.9 Å². The molecular formula is C3H11O8P2+. The fourth-order valence-electron chi connectivity index (χ4n) is 0.178. The monoisotopic (exact) mass is 237 g/mol. The van der Waals surface area contributed by atoms with E-state index in [4.69, 9.17) is 34.6 Å². The zero-order valence-electron chi connectivity index (χ0n) is 6.31. The molecule has 10 heteroatoms. The van der Waals surface area contributed by atoms with Gasteiger partial charge < -0.3 is 30.0 Å². The van der Waals surface area contributed by atoms with Gasteiger partial charge in [-0.25, -0.2) is 4.57 Å². The lowest BCUT2D eigenvalue weighted by molar-refractivity contribution is 0.0260. The average molecular weight is 237 g/mol. The second kappa shape index (κ2) is 7.49. The van der Waals surface area contributed by atoms with Crippen molar-refractivity contribution in [1.29, 1.82) is 0 Å². The normalized spacial score (nSPS) is 15.8. The summed E-state index contributed by atoms with van der Waals surface area (Å²) in [5.74, 6) is -1.31. The molecule has 0 amide bonds. The molecule has 0 saturated carbocycles. The summed E-state index contributed by atoms with van der Waals surface area (Å²) in [6.45, 7) is -0.559. The van der Waals surface area contributed by atoms with E-state index in [0.717, 1.165) is 0 Å². The molecule has 0 aliphatic rings. The Bertz CT molecular complexity index is 168. The fraction of sp³-hybridized carbons (Fsp3) is 1.00. The van der Waals surface area contributed by atoms with Gasteiger partial charge in [0.25, 0.3) is 5.85 Å². The van der Waals surface area contributed by atoms with Crippen LogP contribution >= 0.6 is 16.3 Å². The van der Waals surface area contributed by atoms with E-state index in [1.165, 1.54) is 0 Å². The van der Waals surface area contributed by atoms with Crippen molar-refractivity contribution < 1.29 is 39.1 Å². The van der Waals surface area contributed by atoms with E-state index in [-0.39, 0.29) is 0 Å². The Morgan fingerprint density at radius 2 is 1.54 bits per heavy atom. The molecule has 0 spiro atoms. The summed E-state index contributed by atoms with van der Waals surface area (Å²) < 4.78 is 18.6. The zero-order valence-corrected chi connectivity index (χ0v) is 8.20. The van der Waals surface area contributed by atoms with Gasteiger partial charge in [0.15, 0.2) is 0 Å². The van der Waals surface area contributed by atoms with E-state index < -0.39 is 34.8 Å². The molecule has 0 aromatic rings. The summed E-state index contributed by atoms with van der Waals surface area (Å²) in [7, 11) is -5.62. The second-order valence-electron chi connectivity index (χ2n) is 1.83. The predicted molar refractivity (Wildman–Crippen MR) is 42.4 cm³/mol. The van der Waals surface area contributed by atoms with E-state index >= 15 is 0 Å². The second-order valence-corrected chi connectivity index (χ2v) is 3.68. The van der Waals surface area contributed by atoms with Crippen molar-refractivity contribution in [1.82, 2.24) is 0 Å². The van der Waals surface area contributed by atoms with Crippen molar-refractivity contribution >= 4 is 16.3 Å². The zero-order chi connectivity index (χ0) is 11.1. The Labute approximate surface area is 74.9 Å². The maximum atomic E-state index is 9.74. The molecule has 0 bridgehead atoms. The Morgan fingerprint density at radius 1 is 1.23 bits per heavy atom. The fourth-order valence-corrected chi connectivity index (χ4v) is 0.441. The molecule has 3 unspecified atom stereocenters. The van der Waals surface area contributed by atoms with Gasteiger partial charge in [-0.15, -0.1) is 0 Å². The number of aliphatic hydroxyl groups is 3. The minimum absolute atomic E-state index is 0.559. The molecule has 0 radical (unpaired) electrons. The standard InChI is InChI=1S/C3H7O4P.H3O4P/c4-1-2(5)3(6)8-7;1-5(2,3)4/h2-6H,1H2;(H3,1,2,3,4)/p+1. The summed E-state index contributed by atoms with van der Waals surface area (Å²) in [5.41, 5.74) is 0. The number of rotatable bonds is 3. The van der Waals surface area contributed by atoms with E-state index in [9.17, 15) is 4.57 Å². The third-order valence-electron chi connectivity index (χ3n) is 0.672. The Morgan fingerprint density at radius 3 is 1.62 bits per heavy atom. The van der Waals surface area contributed by atoms with Gasteiger partial charge >= 0.3 is 16.3 Å². The third kappa shape index (κ3) is 18.8. The predicted octanol–water partition coefficient (Wildman–Crippen LogP) is -2.25. The van der Waals surface area contributed by atoms with Gasteiger partial charge in [0.1, 0.15) is 6.10 Å². The van der Waals surface area contributed by atoms with Crippen molar-refractivity contribution in [2.24, 2.45) is 0 Å². The Balaban J connectivity index is 0. The molecule has 0 aromatic carbocycles. The van der Waals surface area contributed by atoms with Gasteiger partial charge in [-0.1, -0.05) is 4.57 Å². The molecule has 0 saturated heterocycles. The molecule has 8 nitrogen and oxygen atoms in total. The van der Waals surface area contributed by atoms with Crippen LogP contribution in [0.4, 0.5) is 0 Å². The topological polar surface area (TPSA) is 156 Å². The van der Waals surface area contributed by atoms with Crippen LogP contribution in [0.1, 0.15) is 0 Å². The summed E-state index contributed by atoms with van der Waals surface area (Å²) in [6, 6.07) is 0. The third-order valence-corrected chi connectivity index (χ3v) is 1.30. The van der Waals surface area contributed by atoms with Gasteiger partial charge in [0, 0.05) is 0 Å². The molecule has 0 aliphatic carbocycles. The molecule has 3 atom stereocenters. The van der Waals surface area contributed by atoms with Gasteiger partial charge in [-0.3, -0.25) is 0 Å². The number of aliphatic hydroxyl groups excluding tert-OH is 3. The number of hydrogen-bond donors (Lipinski definition) is 6. The lowest BCUT2D eigenvalue weighted by Crippen LogP contribution is -2.23. The average Bonchev–Trinajstić information content (AvgIpc) is 1.98. The lowest BCUT2D eigenvalue weighted by atomic mass is 10.4. The van der Waals surface area contributed by atoms with E-state index in [1.807, 2.05) is 0 Å². The molecule has 0 aromatic heterocycles. The molecule has 13 heavy (non-hydrogen) atoms. The molecule has 0 aliphatic heterocycles. The molecule has 0 heterocycles. The summed E-state index contributed by atoms with van der Waals surface area (Å²) >= 11 is 0. The van der Waals surface area contributed by atoms with Gasteiger partial charge in [-0.2, -0.15) is 0 Å². The van der Waals surface area contributed by atoms with Crippen LogP contribution in [0.5, 0.6) is 0 Å². The van der Waals surface area contributed by atoms with Crippen LogP contribution in [0.2, 0.25) is 0 Å². The van der Waals surface area contributed by atoms with Crippen LogP contribution in [0.3, 0.4) is 0 Å². The van der Waals surface area contributed by atoms with Crippen LogP contribution in [-0.2, 0) is 9.13 Å². The van der Waals surface area contributed by atoms with Crippen molar-refractivity contribution in [2.75, 3.05) is 6.61 Å². The van der Waals surface area contributed by atoms with Gasteiger partial charge in [0.2, 0.25) is 0 Å². The minimum atomic E-state index is -4.64. The van der Waals surface area contributed by atoms with E-state index in [1.54, 1.807) is 0 Å². The first kappa shape index (κ1) is 15.6. The number of hydrogen-bond acceptors (Lipinski definition) is 5. The van der Waals surface area contributed by atoms with Gasteiger partial charge in [0.05, 0.1) is 6.61 Å². The van der Waals surface area contributed by atoms with E-state index in [0.29, 0.717) is 0 Å². The van der Waals surface area contributed by atoms with Gasteiger partial charge in [-0.05, 0) is 0 Å². The molecule has 0 rings (SSSR count). The first-order chi connectivity index (χ1) is 5.72.